The largest absolute Gasteiger partial charge is 0.462 e. The molecule has 1 atom stereocenters. The number of Topliss-reactive ketones (excluding diaryl/α,β-unsaturated/α-hetero) is 1. The Bertz CT molecular complexity index is 832. The van der Waals surface area contributed by atoms with Crippen molar-refractivity contribution >= 4 is 11.8 Å². The topological polar surface area (TPSA) is 96.4 Å². The molecule has 1 unspecified atom stereocenters. The van der Waals surface area contributed by atoms with E-state index in [4.69, 9.17) is 15.2 Å². The minimum Gasteiger partial charge on any atom is -0.462 e. The number of carbonyl (C=O) groups excluding carboxylic acids is 2. The third-order valence-corrected chi connectivity index (χ3v) is 5.01. The predicted molar refractivity (Wildman–Crippen MR) is 94.9 cm³/mol. The summed E-state index contributed by atoms with van der Waals surface area (Å²) in [6.45, 7) is 8.48. The zero-order chi connectivity index (χ0) is 19.0. The molecule has 26 heavy (non-hydrogen) atoms. The van der Waals surface area contributed by atoms with Crippen molar-refractivity contribution < 1.29 is 19.1 Å². The van der Waals surface area contributed by atoms with E-state index in [1.807, 2.05) is 25.5 Å². The molecule has 0 fully saturated rings. The van der Waals surface area contributed by atoms with E-state index in [9.17, 15) is 9.59 Å². The fourth-order valence-electron chi connectivity index (χ4n) is 3.89. The fraction of sp³-hybridized carbons (Fsp3) is 0.526. The van der Waals surface area contributed by atoms with E-state index in [0.717, 1.165) is 23.4 Å². The Labute approximate surface area is 152 Å². The van der Waals surface area contributed by atoms with Crippen molar-refractivity contribution in [1.82, 2.24) is 9.78 Å². The lowest BCUT2D eigenvalue weighted by atomic mass is 9.76. The van der Waals surface area contributed by atoms with Gasteiger partial charge in [0.15, 0.2) is 5.78 Å². The van der Waals surface area contributed by atoms with Crippen LogP contribution in [0.1, 0.15) is 56.0 Å². The van der Waals surface area contributed by atoms with Crippen molar-refractivity contribution in [3.05, 3.63) is 39.7 Å². The number of aromatic nitrogens is 2. The number of aryl methyl sites for hydroxylation is 2. The number of nitrogens with two attached hydrogens (primary N) is 1. The van der Waals surface area contributed by atoms with Crippen molar-refractivity contribution in [3.63, 3.8) is 0 Å². The first-order chi connectivity index (χ1) is 12.4. The van der Waals surface area contributed by atoms with Crippen molar-refractivity contribution in [2.24, 2.45) is 5.73 Å². The summed E-state index contributed by atoms with van der Waals surface area (Å²) in [6.07, 6.45) is 1.79. The van der Waals surface area contributed by atoms with Gasteiger partial charge in [-0.3, -0.25) is 9.48 Å². The van der Waals surface area contributed by atoms with E-state index >= 15 is 0 Å². The molecular formula is C19H25N3O4. The Balaban J connectivity index is 2.24. The monoisotopic (exact) mass is 359 g/mol. The molecule has 2 aliphatic rings. The Morgan fingerprint density at radius 2 is 2.08 bits per heavy atom. The molecule has 0 radical (unpaired) electrons. The van der Waals surface area contributed by atoms with Crippen molar-refractivity contribution in [3.8, 4) is 0 Å². The molecule has 2 N–H and O–H groups in total. The van der Waals surface area contributed by atoms with Gasteiger partial charge < -0.3 is 15.2 Å². The Hall–Kier alpha value is -2.57. The molecule has 7 heteroatoms. The van der Waals surface area contributed by atoms with Gasteiger partial charge in [0.1, 0.15) is 11.3 Å². The van der Waals surface area contributed by atoms with E-state index in [1.165, 1.54) is 0 Å². The normalized spacial score (nSPS) is 20.2. The Kier molecular flexibility index (Phi) is 4.89. The summed E-state index contributed by atoms with van der Waals surface area (Å²) in [7, 11) is 0. The van der Waals surface area contributed by atoms with Crippen molar-refractivity contribution in [1.29, 1.82) is 0 Å². The van der Waals surface area contributed by atoms with Crippen LogP contribution in [-0.2, 0) is 25.6 Å². The SMILES string of the molecule is CCOC(=O)C1=C(N)OC2=C(C(=O)CCC2)C1c1c(C)nn(CC)c1C. The van der Waals surface area contributed by atoms with Gasteiger partial charge in [-0.2, -0.15) is 5.10 Å². The molecule has 2 heterocycles. The third kappa shape index (κ3) is 2.81. The molecule has 0 spiro atoms. The molecule has 0 saturated heterocycles. The van der Waals surface area contributed by atoms with Crippen LogP contribution in [0.3, 0.4) is 0 Å². The highest BCUT2D eigenvalue weighted by Gasteiger charge is 2.43. The minimum absolute atomic E-state index is 0.00593. The van der Waals surface area contributed by atoms with Gasteiger partial charge in [0.05, 0.1) is 18.2 Å². The second-order valence-electron chi connectivity index (χ2n) is 6.55. The van der Waals surface area contributed by atoms with Crippen LogP contribution >= 0.6 is 0 Å². The molecule has 7 nitrogen and oxygen atoms in total. The molecule has 1 aromatic rings. The zero-order valence-corrected chi connectivity index (χ0v) is 15.7. The first-order valence-electron chi connectivity index (χ1n) is 9.05. The highest BCUT2D eigenvalue weighted by atomic mass is 16.5. The number of allylic oxidation sites excluding steroid dienone is 2. The standard InChI is InChI=1S/C19H25N3O4/c1-5-22-11(4)14(10(3)21-22)16-15-12(23)8-7-9-13(15)26-18(20)17(16)19(24)25-6-2/h16H,5-9,20H2,1-4H3. The lowest BCUT2D eigenvalue weighted by molar-refractivity contribution is -0.139. The number of hydrogen-bond acceptors (Lipinski definition) is 6. The molecule has 0 saturated carbocycles. The Morgan fingerprint density at radius 1 is 1.35 bits per heavy atom. The van der Waals surface area contributed by atoms with E-state index in [-0.39, 0.29) is 23.8 Å². The lowest BCUT2D eigenvalue weighted by Crippen LogP contribution is -2.32. The Morgan fingerprint density at radius 3 is 2.69 bits per heavy atom. The van der Waals surface area contributed by atoms with E-state index < -0.39 is 11.9 Å². The van der Waals surface area contributed by atoms with Crippen LogP contribution in [0.25, 0.3) is 0 Å². The molecule has 1 aliphatic carbocycles. The maximum absolute atomic E-state index is 12.8. The second kappa shape index (κ2) is 6.97. The molecule has 1 aromatic heterocycles. The summed E-state index contributed by atoms with van der Waals surface area (Å²) < 4.78 is 12.8. The van der Waals surface area contributed by atoms with Crippen molar-refractivity contribution in [2.75, 3.05) is 6.61 Å². The summed E-state index contributed by atoms with van der Waals surface area (Å²) in [5.41, 5.74) is 9.36. The summed E-state index contributed by atoms with van der Waals surface area (Å²) in [6, 6.07) is 0. The van der Waals surface area contributed by atoms with Gasteiger partial charge in [0, 0.05) is 36.2 Å². The average Bonchev–Trinajstić information content (AvgIpc) is 2.87. The summed E-state index contributed by atoms with van der Waals surface area (Å²) in [5, 5.41) is 4.56. The zero-order valence-electron chi connectivity index (χ0n) is 15.7. The predicted octanol–water partition coefficient (Wildman–Crippen LogP) is 2.37. The molecule has 3 rings (SSSR count). The molecule has 140 valence electrons. The first-order valence-corrected chi connectivity index (χ1v) is 9.05. The van der Waals surface area contributed by atoms with Crippen LogP contribution in [0.2, 0.25) is 0 Å². The quantitative estimate of drug-likeness (QED) is 0.829. The van der Waals surface area contributed by atoms with Crippen LogP contribution in [0, 0.1) is 13.8 Å². The van der Waals surface area contributed by atoms with Gasteiger partial charge >= 0.3 is 5.97 Å². The van der Waals surface area contributed by atoms with Crippen LogP contribution in [0.4, 0.5) is 0 Å². The van der Waals surface area contributed by atoms with Gasteiger partial charge in [0.25, 0.3) is 0 Å². The average molecular weight is 359 g/mol. The van der Waals surface area contributed by atoms with E-state index in [0.29, 0.717) is 30.7 Å². The van der Waals surface area contributed by atoms with Crippen molar-refractivity contribution in [2.45, 2.75) is 59.4 Å². The maximum Gasteiger partial charge on any atom is 0.340 e. The first kappa shape index (κ1) is 18.2. The van der Waals surface area contributed by atoms with Gasteiger partial charge in [-0.15, -0.1) is 0 Å². The highest BCUT2D eigenvalue weighted by molar-refractivity contribution is 6.03. The van der Waals surface area contributed by atoms with E-state index in [1.54, 1.807) is 6.92 Å². The number of esters is 1. The third-order valence-electron chi connectivity index (χ3n) is 5.01. The number of carbonyl (C=O) groups is 2. The number of ether oxygens (including phenoxy) is 2. The summed E-state index contributed by atoms with van der Waals surface area (Å²) in [4.78, 5) is 25.4. The van der Waals surface area contributed by atoms with Crippen LogP contribution in [0.5, 0.6) is 0 Å². The summed E-state index contributed by atoms with van der Waals surface area (Å²) >= 11 is 0. The number of nitrogens with zero attached hydrogens (tertiary/aromatic N) is 2. The number of hydrogen-bond donors (Lipinski definition) is 1. The van der Waals surface area contributed by atoms with Gasteiger partial charge in [-0.25, -0.2) is 4.79 Å². The van der Waals surface area contributed by atoms with Crippen LogP contribution in [-0.4, -0.2) is 28.1 Å². The molecule has 1 aliphatic heterocycles. The smallest absolute Gasteiger partial charge is 0.340 e. The lowest BCUT2D eigenvalue weighted by Gasteiger charge is -2.32. The van der Waals surface area contributed by atoms with E-state index in [2.05, 4.69) is 5.10 Å². The number of rotatable bonds is 4. The molecule has 0 amide bonds. The van der Waals surface area contributed by atoms with Crippen LogP contribution in [0.15, 0.2) is 22.8 Å². The number of ketones is 1. The van der Waals surface area contributed by atoms with Crippen LogP contribution < -0.4 is 5.73 Å². The maximum atomic E-state index is 12.8. The molecule has 0 aromatic carbocycles. The fourth-order valence-corrected chi connectivity index (χ4v) is 3.89. The highest BCUT2D eigenvalue weighted by Crippen LogP contribution is 2.45. The summed E-state index contributed by atoms with van der Waals surface area (Å²) in [5.74, 6) is -0.563. The van der Waals surface area contributed by atoms with Gasteiger partial charge in [-0.1, -0.05) is 0 Å². The minimum atomic E-state index is -0.592. The van der Waals surface area contributed by atoms with Gasteiger partial charge in [-0.05, 0) is 34.1 Å². The molecule has 0 bridgehead atoms. The second-order valence-corrected chi connectivity index (χ2v) is 6.55. The molecular weight excluding hydrogens is 334 g/mol. The van der Waals surface area contributed by atoms with Gasteiger partial charge in [0.2, 0.25) is 5.88 Å².